The van der Waals surface area contributed by atoms with Gasteiger partial charge in [-0.05, 0) is 37.5 Å². The van der Waals surface area contributed by atoms with Gasteiger partial charge in [-0.25, -0.2) is 0 Å². The van der Waals surface area contributed by atoms with Crippen LogP contribution >= 0.6 is 0 Å². The molecule has 4 heteroatoms. The van der Waals surface area contributed by atoms with E-state index >= 15 is 0 Å². The third-order valence-electron chi connectivity index (χ3n) is 4.70. The number of fused-ring (bicyclic) bond motifs is 1. The molecule has 0 aliphatic heterocycles. The van der Waals surface area contributed by atoms with Gasteiger partial charge in [0.15, 0.2) is 0 Å². The van der Waals surface area contributed by atoms with Crippen molar-refractivity contribution in [1.82, 2.24) is 0 Å². The fourth-order valence-corrected chi connectivity index (χ4v) is 3.89. The Morgan fingerprint density at radius 3 is 1.50 bits per heavy atom. The molecular weight excluding hydrogens is 232 g/mol. The maximum atomic E-state index is 11.8. The van der Waals surface area contributed by atoms with Crippen molar-refractivity contribution in [3.63, 3.8) is 0 Å². The molecule has 0 radical (unpaired) electrons. The highest BCUT2D eigenvalue weighted by atomic mass is 16.5. The van der Waals surface area contributed by atoms with E-state index in [-0.39, 0.29) is 23.8 Å². The summed E-state index contributed by atoms with van der Waals surface area (Å²) in [5.41, 5.74) is 0. The van der Waals surface area contributed by atoms with Crippen molar-refractivity contribution in [2.24, 2.45) is 23.7 Å². The Labute approximate surface area is 108 Å². The molecule has 2 aliphatic rings. The molecule has 0 unspecified atom stereocenters. The van der Waals surface area contributed by atoms with Crippen molar-refractivity contribution in [1.29, 1.82) is 0 Å². The zero-order valence-electron chi connectivity index (χ0n) is 11.2. The summed E-state index contributed by atoms with van der Waals surface area (Å²) in [5.74, 6) is 0.390. The number of hydrogen-bond donors (Lipinski definition) is 0. The van der Waals surface area contributed by atoms with Gasteiger partial charge >= 0.3 is 11.9 Å². The molecule has 0 N–H and O–H groups in total. The van der Waals surface area contributed by atoms with E-state index in [1.54, 1.807) is 0 Å². The number of methoxy groups -OCH3 is 2. The zero-order chi connectivity index (χ0) is 13.1. The third kappa shape index (κ3) is 2.38. The first-order chi connectivity index (χ1) is 8.69. The molecule has 2 rings (SSSR count). The second kappa shape index (κ2) is 5.72. The lowest BCUT2D eigenvalue weighted by Gasteiger charge is -2.43. The van der Waals surface area contributed by atoms with E-state index in [9.17, 15) is 9.59 Å². The Kier molecular flexibility index (Phi) is 4.25. The Balaban J connectivity index is 2.14. The SMILES string of the molecule is COC(=O)[C@H]1CCC[C@H]2[C@@H]1CCC[C@H]2C(=O)OC. The highest BCUT2D eigenvalue weighted by molar-refractivity contribution is 5.75. The topological polar surface area (TPSA) is 52.6 Å². The molecule has 0 spiro atoms. The Morgan fingerprint density at radius 2 is 1.17 bits per heavy atom. The van der Waals surface area contributed by atoms with Crippen molar-refractivity contribution in [2.45, 2.75) is 38.5 Å². The lowest BCUT2D eigenvalue weighted by Crippen LogP contribution is -2.42. The molecule has 0 aromatic rings. The summed E-state index contributed by atoms with van der Waals surface area (Å²) in [6, 6.07) is 0. The molecule has 2 saturated carbocycles. The predicted octanol–water partition coefficient (Wildman–Crippen LogP) is 2.17. The first-order valence-electron chi connectivity index (χ1n) is 6.84. The van der Waals surface area contributed by atoms with Gasteiger partial charge in [-0.3, -0.25) is 9.59 Å². The maximum absolute atomic E-state index is 11.8. The van der Waals surface area contributed by atoms with Gasteiger partial charge in [-0.1, -0.05) is 12.8 Å². The van der Waals surface area contributed by atoms with Crippen molar-refractivity contribution in [3.8, 4) is 0 Å². The monoisotopic (exact) mass is 254 g/mol. The summed E-state index contributed by atoms with van der Waals surface area (Å²) < 4.78 is 9.81. The molecule has 0 heterocycles. The Morgan fingerprint density at radius 1 is 0.778 bits per heavy atom. The van der Waals surface area contributed by atoms with Crippen LogP contribution in [0.4, 0.5) is 0 Å². The molecule has 4 nitrogen and oxygen atoms in total. The molecule has 0 saturated heterocycles. The van der Waals surface area contributed by atoms with Crippen LogP contribution in [-0.2, 0) is 19.1 Å². The van der Waals surface area contributed by atoms with E-state index in [0.717, 1.165) is 38.5 Å². The van der Waals surface area contributed by atoms with Gasteiger partial charge in [0, 0.05) is 0 Å². The van der Waals surface area contributed by atoms with Crippen LogP contribution in [0.2, 0.25) is 0 Å². The fourth-order valence-electron chi connectivity index (χ4n) is 3.89. The van der Waals surface area contributed by atoms with E-state index in [4.69, 9.17) is 9.47 Å². The minimum atomic E-state index is -0.102. The largest absolute Gasteiger partial charge is 0.469 e. The van der Waals surface area contributed by atoms with E-state index in [1.807, 2.05) is 0 Å². The average molecular weight is 254 g/mol. The highest BCUT2D eigenvalue weighted by Crippen LogP contribution is 2.47. The van der Waals surface area contributed by atoms with Crippen molar-refractivity contribution >= 4 is 11.9 Å². The number of rotatable bonds is 2. The molecule has 0 aromatic heterocycles. The summed E-state index contributed by atoms with van der Waals surface area (Å²) in [6.07, 6.45) is 5.90. The van der Waals surface area contributed by atoms with Gasteiger partial charge in [0.2, 0.25) is 0 Å². The molecule has 2 fully saturated rings. The molecule has 0 bridgehead atoms. The fraction of sp³-hybridized carbons (Fsp3) is 0.857. The van der Waals surface area contributed by atoms with Crippen LogP contribution in [0, 0.1) is 23.7 Å². The number of carbonyl (C=O) groups excluding carboxylic acids is 2. The number of carbonyl (C=O) groups is 2. The van der Waals surface area contributed by atoms with Crippen LogP contribution in [0.15, 0.2) is 0 Å². The van der Waals surface area contributed by atoms with Crippen LogP contribution in [0.5, 0.6) is 0 Å². The molecule has 2 aliphatic carbocycles. The van der Waals surface area contributed by atoms with Gasteiger partial charge in [-0.15, -0.1) is 0 Å². The molecule has 0 amide bonds. The summed E-state index contributed by atoms with van der Waals surface area (Å²) >= 11 is 0. The minimum Gasteiger partial charge on any atom is -0.469 e. The molecule has 102 valence electrons. The standard InChI is InChI=1S/C14H22O4/c1-17-13(15)11-7-3-6-10-9(11)5-4-8-12(10)14(16)18-2/h9-12H,3-8H2,1-2H3/t9-,10-,11-,12+/m0/s1. The predicted molar refractivity (Wildman–Crippen MR) is 65.7 cm³/mol. The number of ether oxygens (including phenoxy) is 2. The van der Waals surface area contributed by atoms with E-state index < -0.39 is 0 Å². The minimum absolute atomic E-state index is 0.0128. The van der Waals surface area contributed by atoms with Gasteiger partial charge < -0.3 is 9.47 Å². The second-order valence-electron chi connectivity index (χ2n) is 5.45. The normalized spacial score (nSPS) is 35.4. The van der Waals surface area contributed by atoms with Crippen molar-refractivity contribution in [3.05, 3.63) is 0 Å². The van der Waals surface area contributed by atoms with Gasteiger partial charge in [0.1, 0.15) is 0 Å². The molecule has 18 heavy (non-hydrogen) atoms. The Bertz CT molecular complexity index is 294. The average Bonchev–Trinajstić information content (AvgIpc) is 2.44. The van der Waals surface area contributed by atoms with Crippen LogP contribution in [-0.4, -0.2) is 26.2 Å². The van der Waals surface area contributed by atoms with Crippen molar-refractivity contribution < 1.29 is 19.1 Å². The summed E-state index contributed by atoms with van der Waals surface area (Å²) in [4.78, 5) is 23.7. The molecular formula is C14H22O4. The number of esters is 2. The molecule has 4 atom stereocenters. The van der Waals surface area contributed by atoms with Gasteiger partial charge in [-0.2, -0.15) is 0 Å². The number of hydrogen-bond acceptors (Lipinski definition) is 4. The van der Waals surface area contributed by atoms with E-state index in [0.29, 0.717) is 11.8 Å². The van der Waals surface area contributed by atoms with Crippen LogP contribution in [0.3, 0.4) is 0 Å². The lowest BCUT2D eigenvalue weighted by atomic mass is 9.61. The van der Waals surface area contributed by atoms with Crippen LogP contribution < -0.4 is 0 Å². The smallest absolute Gasteiger partial charge is 0.308 e. The zero-order valence-corrected chi connectivity index (χ0v) is 11.2. The Hall–Kier alpha value is -1.06. The maximum Gasteiger partial charge on any atom is 0.308 e. The summed E-state index contributed by atoms with van der Waals surface area (Å²) in [6.45, 7) is 0. The lowest BCUT2D eigenvalue weighted by molar-refractivity contribution is -0.158. The quantitative estimate of drug-likeness (QED) is 0.709. The van der Waals surface area contributed by atoms with Gasteiger partial charge in [0.05, 0.1) is 26.1 Å². The second-order valence-corrected chi connectivity index (χ2v) is 5.45. The summed E-state index contributed by atoms with van der Waals surface area (Å²) in [7, 11) is 2.90. The van der Waals surface area contributed by atoms with Crippen LogP contribution in [0.25, 0.3) is 0 Å². The van der Waals surface area contributed by atoms with Gasteiger partial charge in [0.25, 0.3) is 0 Å². The van der Waals surface area contributed by atoms with Crippen molar-refractivity contribution in [2.75, 3.05) is 14.2 Å². The third-order valence-corrected chi connectivity index (χ3v) is 4.70. The van der Waals surface area contributed by atoms with Crippen LogP contribution in [0.1, 0.15) is 38.5 Å². The first kappa shape index (κ1) is 13.4. The summed E-state index contributed by atoms with van der Waals surface area (Å²) in [5, 5.41) is 0. The van der Waals surface area contributed by atoms with E-state index in [2.05, 4.69) is 0 Å². The first-order valence-corrected chi connectivity index (χ1v) is 6.84. The van der Waals surface area contributed by atoms with E-state index in [1.165, 1.54) is 14.2 Å². The molecule has 0 aromatic carbocycles. The highest BCUT2D eigenvalue weighted by Gasteiger charge is 2.45.